The van der Waals surface area contributed by atoms with Crippen molar-refractivity contribution in [2.45, 2.75) is 78.6 Å². The summed E-state index contributed by atoms with van der Waals surface area (Å²) in [5.41, 5.74) is 20.6. The molecule has 2 aromatic heterocycles. The van der Waals surface area contributed by atoms with Crippen molar-refractivity contribution >= 4 is 44.6 Å². The Labute approximate surface area is 510 Å². The normalized spacial score (nSPS) is 12.6. The third kappa shape index (κ3) is 10.6. The molecule has 0 N–H and O–H groups in total. The van der Waals surface area contributed by atoms with Gasteiger partial charge in [-0.2, -0.15) is 12.1 Å². The third-order valence-corrected chi connectivity index (χ3v) is 16.2. The summed E-state index contributed by atoms with van der Waals surface area (Å²) < 4.78 is 9.50. The molecule has 3 heterocycles. The van der Waals surface area contributed by atoms with E-state index < -0.39 is 0 Å². The molecule has 0 saturated carbocycles. The molecule has 13 rings (SSSR count). The minimum absolute atomic E-state index is 0. The number of ether oxygens (including phenoxy) is 1. The molecule has 418 valence electrons. The largest absolute Gasteiger partial charge is 0.509 e. The predicted octanol–water partition coefficient (Wildman–Crippen LogP) is 21.2. The summed E-state index contributed by atoms with van der Waals surface area (Å²) in [6.45, 7) is 22.9. The van der Waals surface area contributed by atoms with Crippen molar-refractivity contribution in [1.29, 1.82) is 0 Å². The van der Waals surface area contributed by atoms with Crippen molar-refractivity contribution in [2.75, 3.05) is 9.80 Å². The second-order valence-electron chi connectivity index (χ2n) is 25.0. The van der Waals surface area contributed by atoms with Gasteiger partial charge in [0.15, 0.2) is 0 Å². The van der Waals surface area contributed by atoms with Crippen LogP contribution >= 0.6 is 0 Å². The van der Waals surface area contributed by atoms with Crippen LogP contribution in [0.5, 0.6) is 11.5 Å². The molecular weight excluding hydrogens is 1200 g/mol. The number of para-hydroxylation sites is 3. The molecule has 0 amide bonds. The standard InChI is InChI=1S/C78H67N4O.Pt/c1-76(2,3)58-42-57(43-59(45-58)77(4,5)6)63-37-25-36-62(53-28-16-11-17-29-53)75(63)81-51-80(70-38-22-23-39-71(70)81)60-34-24-35-61(46-60)83-73-49-72-66(47-64(73)54-30-18-12-19-31-54)65-44-56(52-26-14-10-15-27-52)40-41-69(65)82(72)74-48-68(78(7,8)9)67(50-79-74)55-32-20-13-21-33-55;/h10-45,47-48,50-51H,1-9H3;/q-3;. The fraction of sp³-hybridized carbons (Fsp3) is 0.154. The van der Waals surface area contributed by atoms with Crippen LogP contribution in [0.25, 0.3) is 83.3 Å². The van der Waals surface area contributed by atoms with Gasteiger partial charge in [0.1, 0.15) is 5.82 Å². The Bertz CT molecular complexity index is 4350. The molecule has 0 saturated heterocycles. The van der Waals surface area contributed by atoms with Crippen LogP contribution < -0.4 is 14.5 Å². The predicted molar refractivity (Wildman–Crippen MR) is 348 cm³/mol. The van der Waals surface area contributed by atoms with E-state index in [1.807, 2.05) is 12.3 Å². The molecule has 0 aliphatic carbocycles. The molecule has 0 radical (unpaired) electrons. The van der Waals surface area contributed by atoms with Crippen LogP contribution in [0.1, 0.15) is 79.0 Å². The third-order valence-electron chi connectivity index (χ3n) is 16.2. The number of aromatic nitrogens is 2. The number of anilines is 4. The van der Waals surface area contributed by atoms with Gasteiger partial charge < -0.3 is 19.1 Å². The van der Waals surface area contributed by atoms with E-state index in [4.69, 9.17) is 9.72 Å². The summed E-state index contributed by atoms with van der Waals surface area (Å²) in [5.74, 6) is 1.96. The van der Waals surface area contributed by atoms with Gasteiger partial charge in [-0.15, -0.1) is 42.0 Å². The molecule has 0 fully saturated rings. The SMILES string of the molecule is CC(C)(C)c1cc(-c2cccc(-c3ccccc3)c2N2[CH-]N(c3[c-]c(Oc4[c-]c5c(cc4-c4ccccc4)c4cc(-c6ccccc6)ccc4n5-c4cc(C(C)(C)C)c(-c5ccccc5)cn4)ccc3)c3ccccc32)cc(C(C)(C)C)c1.[Pt]. The van der Waals surface area contributed by atoms with Crippen LogP contribution in [0.15, 0.2) is 237 Å². The Morgan fingerprint density at radius 2 is 0.952 bits per heavy atom. The Morgan fingerprint density at radius 1 is 0.417 bits per heavy atom. The van der Waals surface area contributed by atoms with Gasteiger partial charge in [0.2, 0.25) is 0 Å². The monoisotopic (exact) mass is 1270 g/mol. The first-order chi connectivity index (χ1) is 40.0. The van der Waals surface area contributed by atoms with E-state index in [9.17, 15) is 0 Å². The van der Waals surface area contributed by atoms with Gasteiger partial charge in [0.05, 0.1) is 0 Å². The molecule has 0 bridgehead atoms. The Kier molecular flexibility index (Phi) is 14.7. The van der Waals surface area contributed by atoms with Crippen LogP contribution in [0.4, 0.5) is 22.7 Å². The van der Waals surface area contributed by atoms with E-state index in [1.165, 1.54) is 22.3 Å². The van der Waals surface area contributed by atoms with Gasteiger partial charge in [-0.25, -0.2) is 4.98 Å². The molecule has 84 heavy (non-hydrogen) atoms. The maximum atomic E-state index is 7.24. The number of benzene rings is 10. The number of fused-ring (bicyclic) bond motifs is 4. The van der Waals surface area contributed by atoms with Gasteiger partial charge in [-0.1, -0.05) is 261 Å². The van der Waals surface area contributed by atoms with E-state index in [2.05, 4.69) is 320 Å². The maximum absolute atomic E-state index is 7.24. The summed E-state index contributed by atoms with van der Waals surface area (Å²) >= 11 is 0. The van der Waals surface area contributed by atoms with Crippen molar-refractivity contribution in [3.8, 4) is 73.0 Å². The average Bonchev–Trinajstić information content (AvgIpc) is 3.91. The Balaban J connectivity index is 0.00000694. The van der Waals surface area contributed by atoms with E-state index in [0.717, 1.165) is 100 Å². The first-order valence-corrected chi connectivity index (χ1v) is 28.8. The first-order valence-electron chi connectivity index (χ1n) is 28.8. The van der Waals surface area contributed by atoms with Crippen molar-refractivity contribution in [3.05, 3.63) is 272 Å². The number of rotatable bonds is 10. The summed E-state index contributed by atoms with van der Waals surface area (Å²) in [6, 6.07) is 90.2. The summed E-state index contributed by atoms with van der Waals surface area (Å²) in [7, 11) is 0. The molecule has 1 aliphatic rings. The van der Waals surface area contributed by atoms with Gasteiger partial charge in [-0.3, -0.25) is 0 Å². The maximum Gasteiger partial charge on any atom is 0.135 e. The van der Waals surface area contributed by atoms with Crippen LogP contribution in [-0.2, 0) is 37.3 Å². The van der Waals surface area contributed by atoms with Crippen LogP contribution in [0.3, 0.4) is 0 Å². The zero-order valence-corrected chi connectivity index (χ0v) is 51.4. The molecule has 5 nitrogen and oxygen atoms in total. The molecule has 6 heteroatoms. The summed E-state index contributed by atoms with van der Waals surface area (Å²) in [6.07, 6.45) is 2.04. The molecular formula is C78H67N4OPt-3. The fourth-order valence-corrected chi connectivity index (χ4v) is 11.7. The molecule has 12 aromatic rings. The Hall–Kier alpha value is -8.76. The van der Waals surface area contributed by atoms with Crippen molar-refractivity contribution in [1.82, 2.24) is 9.55 Å². The minimum atomic E-state index is -0.187. The van der Waals surface area contributed by atoms with Gasteiger partial charge in [0.25, 0.3) is 0 Å². The van der Waals surface area contributed by atoms with E-state index in [-0.39, 0.29) is 37.3 Å². The minimum Gasteiger partial charge on any atom is -0.509 e. The quantitative estimate of drug-likeness (QED) is 0.128. The second kappa shape index (κ2) is 22.1. The van der Waals surface area contributed by atoms with Crippen LogP contribution in [0, 0.1) is 18.8 Å². The smallest absolute Gasteiger partial charge is 0.135 e. The number of nitrogens with zero attached hydrogens (tertiary/aromatic N) is 4. The van der Waals surface area contributed by atoms with Crippen LogP contribution in [-0.4, -0.2) is 9.55 Å². The first kappa shape index (κ1) is 55.8. The van der Waals surface area contributed by atoms with Crippen molar-refractivity contribution in [2.24, 2.45) is 0 Å². The molecule has 0 atom stereocenters. The fourth-order valence-electron chi connectivity index (χ4n) is 11.7. The van der Waals surface area contributed by atoms with E-state index in [1.54, 1.807) is 0 Å². The number of pyridine rings is 1. The zero-order valence-electron chi connectivity index (χ0n) is 49.1. The van der Waals surface area contributed by atoms with Crippen molar-refractivity contribution in [3.63, 3.8) is 0 Å². The number of hydrogen-bond acceptors (Lipinski definition) is 4. The Morgan fingerprint density at radius 3 is 1.55 bits per heavy atom. The average molecular weight is 1270 g/mol. The van der Waals surface area contributed by atoms with E-state index >= 15 is 0 Å². The molecule has 1 aliphatic heterocycles. The van der Waals surface area contributed by atoms with Crippen LogP contribution in [0.2, 0.25) is 0 Å². The van der Waals surface area contributed by atoms with E-state index in [0.29, 0.717) is 11.5 Å². The zero-order chi connectivity index (χ0) is 57.2. The van der Waals surface area contributed by atoms with Gasteiger partial charge >= 0.3 is 0 Å². The molecule has 0 spiro atoms. The van der Waals surface area contributed by atoms with Gasteiger partial charge in [0, 0.05) is 78.0 Å². The molecule has 10 aromatic carbocycles. The molecule has 0 unspecified atom stereocenters. The number of hydrogen-bond donors (Lipinski definition) is 0. The summed E-state index contributed by atoms with van der Waals surface area (Å²) in [4.78, 5) is 9.92. The van der Waals surface area contributed by atoms with Crippen molar-refractivity contribution < 1.29 is 25.8 Å². The topological polar surface area (TPSA) is 33.5 Å². The second-order valence-corrected chi connectivity index (χ2v) is 25.0. The van der Waals surface area contributed by atoms with Gasteiger partial charge in [-0.05, 0) is 90.4 Å². The summed E-state index contributed by atoms with van der Waals surface area (Å²) in [5, 5.41) is 2.15.